The summed E-state index contributed by atoms with van der Waals surface area (Å²) in [6.45, 7) is 4.29. The fraction of sp³-hybridized carbons (Fsp3) is 0.875. The van der Waals surface area contributed by atoms with Crippen LogP contribution in [0.2, 0.25) is 0 Å². The molecule has 0 amide bonds. The van der Waals surface area contributed by atoms with E-state index in [4.69, 9.17) is 0 Å². The fourth-order valence-corrected chi connectivity index (χ4v) is 1.32. The van der Waals surface area contributed by atoms with Crippen molar-refractivity contribution < 1.29 is 9.94 Å². The van der Waals surface area contributed by atoms with E-state index >= 15 is 0 Å². The Morgan fingerprint density at radius 2 is 2.33 bits per heavy atom. The molecule has 1 aliphatic heterocycles. The molecule has 0 aromatic rings. The fourth-order valence-electron chi connectivity index (χ4n) is 1.32. The van der Waals surface area contributed by atoms with Gasteiger partial charge in [0, 0.05) is 19.0 Å². The van der Waals surface area contributed by atoms with Crippen molar-refractivity contribution in [2.24, 2.45) is 5.16 Å². The molecule has 0 bridgehead atoms. The topological polar surface area (TPSA) is 53.8 Å². The van der Waals surface area contributed by atoms with Crippen LogP contribution in [0.4, 0.5) is 0 Å². The van der Waals surface area contributed by atoms with Crippen molar-refractivity contribution in [3.05, 3.63) is 0 Å². The number of nitrogens with zero attached hydrogens (tertiary/aromatic N) is 1. The van der Waals surface area contributed by atoms with Crippen molar-refractivity contribution in [3.8, 4) is 0 Å². The molecule has 1 aliphatic rings. The number of nitrogens with one attached hydrogen (secondary N) is 1. The van der Waals surface area contributed by atoms with E-state index in [-0.39, 0.29) is 6.04 Å². The van der Waals surface area contributed by atoms with Gasteiger partial charge in [-0.25, -0.2) is 0 Å². The second-order valence-corrected chi connectivity index (χ2v) is 3.63. The summed E-state index contributed by atoms with van der Waals surface area (Å²) in [5.74, 6) is 0. The van der Waals surface area contributed by atoms with Gasteiger partial charge in [0.1, 0.15) is 7.11 Å². The number of hydrogen-bond acceptors (Lipinski definition) is 4. The number of aliphatic hydroxyl groups is 1. The first-order valence-electron chi connectivity index (χ1n) is 4.08. The van der Waals surface area contributed by atoms with Crippen LogP contribution in [0.3, 0.4) is 0 Å². The molecule has 0 aliphatic carbocycles. The van der Waals surface area contributed by atoms with E-state index in [0.717, 1.165) is 12.1 Å². The smallest absolute Gasteiger partial charge is 0.106 e. The minimum Gasteiger partial charge on any atom is -0.399 e. The first-order valence-corrected chi connectivity index (χ1v) is 4.08. The van der Waals surface area contributed by atoms with Crippen LogP contribution >= 0.6 is 0 Å². The molecule has 0 aromatic heterocycles. The zero-order valence-corrected chi connectivity index (χ0v) is 7.79. The molecule has 4 heteroatoms. The van der Waals surface area contributed by atoms with Crippen LogP contribution in [-0.2, 0) is 4.84 Å². The second-order valence-electron chi connectivity index (χ2n) is 3.63. The Kier molecular flexibility index (Phi) is 2.69. The SMILES string of the molecule is CON=C1CN[C@H](C(C)(C)O)C1. The van der Waals surface area contributed by atoms with Gasteiger partial charge in [0.2, 0.25) is 0 Å². The molecule has 70 valence electrons. The lowest BCUT2D eigenvalue weighted by Crippen LogP contribution is -2.42. The maximum absolute atomic E-state index is 9.65. The van der Waals surface area contributed by atoms with Crippen molar-refractivity contribution in [3.63, 3.8) is 0 Å². The highest BCUT2D eigenvalue weighted by molar-refractivity contribution is 5.88. The van der Waals surface area contributed by atoms with Gasteiger partial charge in [0.05, 0.1) is 11.3 Å². The summed E-state index contributed by atoms with van der Waals surface area (Å²) in [5.41, 5.74) is 0.273. The van der Waals surface area contributed by atoms with Gasteiger partial charge in [-0.15, -0.1) is 0 Å². The molecule has 12 heavy (non-hydrogen) atoms. The number of oxime groups is 1. The van der Waals surface area contributed by atoms with E-state index in [9.17, 15) is 5.11 Å². The molecule has 0 aromatic carbocycles. The summed E-state index contributed by atoms with van der Waals surface area (Å²) in [6.07, 6.45) is 0.761. The molecule has 1 saturated heterocycles. The molecule has 1 atom stereocenters. The van der Waals surface area contributed by atoms with Gasteiger partial charge < -0.3 is 15.3 Å². The molecule has 4 nitrogen and oxygen atoms in total. The van der Waals surface area contributed by atoms with Gasteiger partial charge in [-0.1, -0.05) is 5.16 Å². The molecule has 0 saturated carbocycles. The number of rotatable bonds is 2. The summed E-state index contributed by atoms with van der Waals surface area (Å²) >= 11 is 0. The van der Waals surface area contributed by atoms with Crippen LogP contribution in [0.25, 0.3) is 0 Å². The number of hydrogen-bond donors (Lipinski definition) is 2. The molecule has 2 N–H and O–H groups in total. The quantitative estimate of drug-likeness (QED) is 0.582. The zero-order valence-electron chi connectivity index (χ0n) is 7.79. The normalized spacial score (nSPS) is 28.0. The highest BCUT2D eigenvalue weighted by atomic mass is 16.6. The summed E-state index contributed by atoms with van der Waals surface area (Å²) < 4.78 is 0. The van der Waals surface area contributed by atoms with E-state index in [0.29, 0.717) is 6.54 Å². The van der Waals surface area contributed by atoms with Crippen molar-refractivity contribution in [1.82, 2.24) is 5.32 Å². The van der Waals surface area contributed by atoms with Crippen molar-refractivity contribution in [1.29, 1.82) is 0 Å². The Hall–Kier alpha value is -0.610. The Labute approximate surface area is 72.6 Å². The summed E-state index contributed by atoms with van der Waals surface area (Å²) in [4.78, 5) is 4.65. The van der Waals surface area contributed by atoms with Gasteiger partial charge >= 0.3 is 0 Å². The molecular weight excluding hydrogens is 156 g/mol. The zero-order chi connectivity index (χ0) is 9.19. The average molecular weight is 172 g/mol. The monoisotopic (exact) mass is 172 g/mol. The van der Waals surface area contributed by atoms with Gasteiger partial charge in [-0.05, 0) is 13.8 Å². The molecule has 0 unspecified atom stereocenters. The van der Waals surface area contributed by atoms with Crippen molar-refractivity contribution >= 4 is 5.71 Å². The third-order valence-electron chi connectivity index (χ3n) is 2.07. The lowest BCUT2D eigenvalue weighted by molar-refractivity contribution is 0.0462. The Balaban J connectivity index is 2.51. The van der Waals surface area contributed by atoms with Crippen LogP contribution in [0, 0.1) is 0 Å². The molecule has 1 rings (SSSR count). The lowest BCUT2D eigenvalue weighted by Gasteiger charge is -2.24. The van der Waals surface area contributed by atoms with Crippen molar-refractivity contribution in [2.75, 3.05) is 13.7 Å². The average Bonchev–Trinajstić information content (AvgIpc) is 2.35. The Morgan fingerprint density at radius 3 is 2.75 bits per heavy atom. The van der Waals surface area contributed by atoms with E-state index in [1.54, 1.807) is 13.8 Å². The third kappa shape index (κ3) is 2.19. The minimum absolute atomic E-state index is 0.0893. The van der Waals surface area contributed by atoms with E-state index in [2.05, 4.69) is 15.3 Å². The van der Waals surface area contributed by atoms with Crippen molar-refractivity contribution in [2.45, 2.75) is 31.9 Å². The van der Waals surface area contributed by atoms with Crippen LogP contribution in [0.15, 0.2) is 5.16 Å². The van der Waals surface area contributed by atoms with Crippen LogP contribution in [-0.4, -0.2) is 36.1 Å². The van der Waals surface area contributed by atoms with Gasteiger partial charge in [0.15, 0.2) is 0 Å². The molecule has 1 fully saturated rings. The molecule has 1 heterocycles. The van der Waals surface area contributed by atoms with Gasteiger partial charge in [-0.2, -0.15) is 0 Å². The molecular formula is C8H16N2O2. The third-order valence-corrected chi connectivity index (χ3v) is 2.07. The Morgan fingerprint density at radius 1 is 1.67 bits per heavy atom. The lowest BCUT2D eigenvalue weighted by atomic mass is 9.97. The highest BCUT2D eigenvalue weighted by Gasteiger charge is 2.32. The van der Waals surface area contributed by atoms with E-state index in [1.807, 2.05) is 0 Å². The van der Waals surface area contributed by atoms with E-state index in [1.165, 1.54) is 7.11 Å². The predicted molar refractivity (Wildman–Crippen MR) is 47.1 cm³/mol. The summed E-state index contributed by atoms with van der Waals surface area (Å²) in [7, 11) is 1.53. The first kappa shape index (κ1) is 9.48. The maximum Gasteiger partial charge on any atom is 0.106 e. The largest absolute Gasteiger partial charge is 0.399 e. The minimum atomic E-state index is -0.689. The van der Waals surface area contributed by atoms with E-state index < -0.39 is 5.60 Å². The van der Waals surface area contributed by atoms with Gasteiger partial charge in [0.25, 0.3) is 0 Å². The van der Waals surface area contributed by atoms with Crippen LogP contribution < -0.4 is 5.32 Å². The second kappa shape index (κ2) is 3.41. The maximum atomic E-state index is 9.65. The Bertz CT molecular complexity index is 184. The highest BCUT2D eigenvalue weighted by Crippen LogP contribution is 2.16. The predicted octanol–water partition coefficient (Wildman–Crippen LogP) is 0.122. The van der Waals surface area contributed by atoms with Crippen LogP contribution in [0.5, 0.6) is 0 Å². The van der Waals surface area contributed by atoms with Crippen LogP contribution in [0.1, 0.15) is 20.3 Å². The standard InChI is InChI=1S/C8H16N2O2/c1-8(2,11)7-4-6(5-9-7)10-12-3/h7,9,11H,4-5H2,1-3H3/t7-/m0/s1. The molecule has 0 radical (unpaired) electrons. The summed E-state index contributed by atoms with van der Waals surface area (Å²) in [6, 6.07) is 0.0893. The van der Waals surface area contributed by atoms with Gasteiger partial charge in [-0.3, -0.25) is 0 Å². The summed E-state index contributed by atoms with van der Waals surface area (Å²) in [5, 5.41) is 16.6. The first-order chi connectivity index (χ1) is 5.54. The molecule has 0 spiro atoms.